The van der Waals surface area contributed by atoms with E-state index in [4.69, 9.17) is 0 Å². The van der Waals surface area contributed by atoms with Crippen LogP contribution in [0.2, 0.25) is 0 Å². The summed E-state index contributed by atoms with van der Waals surface area (Å²) in [6, 6.07) is 8.98. The van der Waals surface area contributed by atoms with E-state index in [1.54, 1.807) is 35.4 Å². The Hall–Kier alpha value is -3.29. The minimum Gasteiger partial charge on any atom is -0.363 e. The zero-order valence-corrected chi connectivity index (χ0v) is 15.4. The quantitative estimate of drug-likeness (QED) is 0.676. The summed E-state index contributed by atoms with van der Waals surface area (Å²) in [6.45, 7) is 2.20. The van der Waals surface area contributed by atoms with Gasteiger partial charge in [-0.3, -0.25) is 9.78 Å². The summed E-state index contributed by atoms with van der Waals surface area (Å²) in [5.74, 6) is 1.94. The van der Waals surface area contributed by atoms with Crippen LogP contribution in [0.25, 0.3) is 11.3 Å². The summed E-state index contributed by atoms with van der Waals surface area (Å²) in [5, 5.41) is 4.51. The molecule has 0 bridgehead atoms. The van der Waals surface area contributed by atoms with Crippen molar-refractivity contribution in [1.82, 2.24) is 24.7 Å². The van der Waals surface area contributed by atoms with Gasteiger partial charge in [-0.2, -0.15) is 10.1 Å². The Bertz CT molecular complexity index is 981. The third-order valence-electron chi connectivity index (χ3n) is 4.58. The molecule has 0 unspecified atom stereocenters. The Balaban J connectivity index is 1.44. The van der Waals surface area contributed by atoms with E-state index in [1.165, 1.54) is 0 Å². The fourth-order valence-electron chi connectivity index (χ4n) is 3.08. The summed E-state index contributed by atoms with van der Waals surface area (Å²) < 4.78 is 1.54. The number of nitrogens with zero attached hydrogens (tertiary/aromatic N) is 7. The maximum absolute atomic E-state index is 12.2. The molecular weight excluding hydrogens is 342 g/mol. The van der Waals surface area contributed by atoms with Gasteiger partial charge in [-0.05, 0) is 24.3 Å². The molecule has 3 aromatic heterocycles. The van der Waals surface area contributed by atoms with Gasteiger partial charge in [0.2, 0.25) is 5.95 Å². The van der Waals surface area contributed by atoms with E-state index < -0.39 is 0 Å². The van der Waals surface area contributed by atoms with Crippen LogP contribution in [0.4, 0.5) is 11.8 Å². The predicted octanol–water partition coefficient (Wildman–Crippen LogP) is 1.30. The topological polar surface area (TPSA) is 80.0 Å². The van der Waals surface area contributed by atoms with Crippen LogP contribution in [0.15, 0.2) is 53.7 Å². The maximum atomic E-state index is 12.2. The predicted molar refractivity (Wildman–Crippen MR) is 104 cm³/mol. The fraction of sp³-hybridized carbons (Fsp3) is 0.316. The van der Waals surface area contributed by atoms with Crippen molar-refractivity contribution in [3.63, 3.8) is 0 Å². The highest BCUT2D eigenvalue weighted by Crippen LogP contribution is 2.23. The normalized spacial score (nSPS) is 14.1. The second kappa shape index (κ2) is 7.14. The molecule has 27 heavy (non-hydrogen) atoms. The number of hydrogen-bond acceptors (Lipinski definition) is 7. The van der Waals surface area contributed by atoms with Crippen LogP contribution in [0.3, 0.4) is 0 Å². The summed E-state index contributed by atoms with van der Waals surface area (Å²) in [6.07, 6.45) is 5.24. The molecule has 0 amide bonds. The second-order valence-electron chi connectivity index (χ2n) is 6.86. The van der Waals surface area contributed by atoms with Crippen molar-refractivity contribution in [3.8, 4) is 11.3 Å². The molecule has 8 nitrogen and oxygen atoms in total. The van der Waals surface area contributed by atoms with Crippen LogP contribution in [0.5, 0.6) is 0 Å². The first-order valence-corrected chi connectivity index (χ1v) is 8.84. The largest absolute Gasteiger partial charge is 0.363 e. The zero-order valence-electron chi connectivity index (χ0n) is 15.4. The van der Waals surface area contributed by atoms with Gasteiger partial charge in [0.1, 0.15) is 5.82 Å². The van der Waals surface area contributed by atoms with E-state index in [1.807, 2.05) is 37.2 Å². The van der Waals surface area contributed by atoms with Crippen molar-refractivity contribution in [1.29, 1.82) is 0 Å². The van der Waals surface area contributed by atoms with Crippen LogP contribution in [-0.2, 0) is 6.54 Å². The van der Waals surface area contributed by atoms with Gasteiger partial charge >= 0.3 is 0 Å². The van der Waals surface area contributed by atoms with Gasteiger partial charge in [0, 0.05) is 63.3 Å². The molecule has 0 N–H and O–H groups in total. The van der Waals surface area contributed by atoms with Gasteiger partial charge in [-0.1, -0.05) is 0 Å². The minimum atomic E-state index is -0.0908. The molecule has 1 saturated heterocycles. The monoisotopic (exact) mass is 363 g/mol. The van der Waals surface area contributed by atoms with Crippen LogP contribution in [0, 0.1) is 5.92 Å². The average molecular weight is 363 g/mol. The molecule has 1 aliphatic heterocycles. The molecule has 0 spiro atoms. The number of pyridine rings is 1. The molecule has 0 atom stereocenters. The van der Waals surface area contributed by atoms with Crippen LogP contribution in [0.1, 0.15) is 0 Å². The van der Waals surface area contributed by atoms with Crippen LogP contribution < -0.4 is 15.4 Å². The van der Waals surface area contributed by atoms with Gasteiger partial charge in [0.05, 0.1) is 12.2 Å². The lowest BCUT2D eigenvalue weighted by molar-refractivity contribution is 0.331. The summed E-state index contributed by atoms with van der Waals surface area (Å²) in [7, 11) is 3.91. The Labute approximate surface area is 157 Å². The summed E-state index contributed by atoms with van der Waals surface area (Å²) in [4.78, 5) is 29.3. The smallest absolute Gasteiger partial charge is 0.266 e. The van der Waals surface area contributed by atoms with E-state index in [0.717, 1.165) is 36.1 Å². The SMILES string of the molecule is CN(C)c1ccnc(N2CC(Cn3nc(-c4cccnc4)ccc3=O)C2)n1. The van der Waals surface area contributed by atoms with Crippen LogP contribution in [-0.4, -0.2) is 51.9 Å². The van der Waals surface area contributed by atoms with Crippen LogP contribution >= 0.6 is 0 Å². The number of anilines is 2. The molecule has 4 rings (SSSR count). The molecule has 0 radical (unpaired) electrons. The first kappa shape index (κ1) is 17.1. The number of aromatic nitrogens is 5. The molecule has 138 valence electrons. The first-order chi connectivity index (χ1) is 13.1. The van der Waals surface area contributed by atoms with Gasteiger partial charge in [0.15, 0.2) is 0 Å². The van der Waals surface area contributed by atoms with Gasteiger partial charge in [0.25, 0.3) is 5.56 Å². The lowest BCUT2D eigenvalue weighted by atomic mass is 10.0. The molecule has 1 fully saturated rings. The third-order valence-corrected chi connectivity index (χ3v) is 4.58. The molecule has 4 heterocycles. The lowest BCUT2D eigenvalue weighted by Crippen LogP contribution is -2.50. The Morgan fingerprint density at radius 3 is 2.74 bits per heavy atom. The highest BCUT2D eigenvalue weighted by atomic mass is 16.1. The Kier molecular flexibility index (Phi) is 4.53. The van der Waals surface area contributed by atoms with E-state index in [0.29, 0.717) is 12.5 Å². The standard InChI is InChI=1S/C19H21N7O/c1-24(2)17-7-9-21-19(22-17)25-11-14(12-25)13-26-18(27)6-5-16(23-26)15-4-3-8-20-10-15/h3-10,14H,11-13H2,1-2H3. The van der Waals surface area contributed by atoms with E-state index in [9.17, 15) is 4.79 Å². The molecule has 0 saturated carbocycles. The van der Waals surface area contributed by atoms with Gasteiger partial charge in [-0.15, -0.1) is 0 Å². The third kappa shape index (κ3) is 3.64. The molecular formula is C19H21N7O. The van der Waals surface area contributed by atoms with E-state index in [2.05, 4.69) is 25.0 Å². The van der Waals surface area contributed by atoms with Crippen molar-refractivity contribution in [2.24, 2.45) is 5.92 Å². The van der Waals surface area contributed by atoms with Gasteiger partial charge in [-0.25, -0.2) is 9.67 Å². The lowest BCUT2D eigenvalue weighted by Gasteiger charge is -2.39. The Morgan fingerprint density at radius 2 is 2.00 bits per heavy atom. The summed E-state index contributed by atoms with van der Waals surface area (Å²) in [5.41, 5.74) is 1.56. The minimum absolute atomic E-state index is 0.0908. The second-order valence-corrected chi connectivity index (χ2v) is 6.86. The highest BCUT2D eigenvalue weighted by molar-refractivity contribution is 5.56. The van der Waals surface area contributed by atoms with Crippen molar-refractivity contribution >= 4 is 11.8 Å². The number of rotatable bonds is 5. The van der Waals surface area contributed by atoms with Crippen molar-refractivity contribution < 1.29 is 0 Å². The first-order valence-electron chi connectivity index (χ1n) is 8.84. The van der Waals surface area contributed by atoms with Gasteiger partial charge < -0.3 is 9.80 Å². The van der Waals surface area contributed by atoms with E-state index >= 15 is 0 Å². The fourth-order valence-corrected chi connectivity index (χ4v) is 3.08. The zero-order chi connectivity index (χ0) is 18.8. The molecule has 8 heteroatoms. The average Bonchev–Trinajstić information content (AvgIpc) is 2.66. The number of hydrogen-bond donors (Lipinski definition) is 0. The molecule has 0 aromatic carbocycles. The van der Waals surface area contributed by atoms with Crippen molar-refractivity contribution in [2.45, 2.75) is 6.54 Å². The maximum Gasteiger partial charge on any atom is 0.266 e. The summed E-state index contributed by atoms with van der Waals surface area (Å²) >= 11 is 0. The molecule has 3 aromatic rings. The van der Waals surface area contributed by atoms with Crippen molar-refractivity contribution in [3.05, 3.63) is 59.3 Å². The van der Waals surface area contributed by atoms with E-state index in [-0.39, 0.29) is 5.56 Å². The highest BCUT2D eigenvalue weighted by Gasteiger charge is 2.29. The van der Waals surface area contributed by atoms with Crippen molar-refractivity contribution in [2.75, 3.05) is 37.0 Å². The molecule has 1 aliphatic rings. The molecule has 0 aliphatic carbocycles. The Morgan fingerprint density at radius 1 is 1.15 bits per heavy atom.